The highest BCUT2D eigenvalue weighted by Gasteiger charge is 2.10. The zero-order valence-corrected chi connectivity index (χ0v) is 9.26. The molecule has 0 amide bonds. The van der Waals surface area contributed by atoms with Gasteiger partial charge in [0, 0.05) is 14.5 Å². The molecule has 1 rings (SSSR count). The number of halogens is 3. The quantitative estimate of drug-likeness (QED) is 0.476. The molecule has 0 saturated carbocycles. The second-order valence-electron chi connectivity index (χ2n) is 2.24. The van der Waals surface area contributed by atoms with Crippen LogP contribution in [0.4, 0.5) is 5.69 Å². The largest absolute Gasteiger partial charge is 0.236 e. The lowest BCUT2D eigenvalue weighted by atomic mass is 10.2. The molecule has 4 heteroatoms. The summed E-state index contributed by atoms with van der Waals surface area (Å²) in [6.07, 6.45) is 0. The molecule has 12 heavy (non-hydrogen) atoms. The van der Waals surface area contributed by atoms with Gasteiger partial charge in [-0.05, 0) is 34.5 Å². The number of hydrogen-bond donors (Lipinski definition) is 0. The van der Waals surface area contributed by atoms with Crippen LogP contribution in [0.3, 0.4) is 0 Å². The van der Waals surface area contributed by atoms with Crippen LogP contribution in [0.1, 0.15) is 5.56 Å². The zero-order chi connectivity index (χ0) is 9.30. The Morgan fingerprint density at radius 1 is 1.50 bits per heavy atom. The van der Waals surface area contributed by atoms with Crippen molar-refractivity contribution in [3.8, 4) is 0 Å². The van der Waals surface area contributed by atoms with E-state index in [-0.39, 0.29) is 0 Å². The van der Waals surface area contributed by atoms with E-state index < -0.39 is 0 Å². The Morgan fingerprint density at radius 3 is 2.58 bits per heavy atom. The summed E-state index contributed by atoms with van der Waals surface area (Å²) < 4.78 is 0.721. The van der Waals surface area contributed by atoms with Gasteiger partial charge in [0.25, 0.3) is 0 Å². The molecule has 0 aliphatic rings. The smallest absolute Gasteiger partial charge is 0.209 e. The summed E-state index contributed by atoms with van der Waals surface area (Å²) in [5.41, 5.74) is 1.14. The van der Waals surface area contributed by atoms with E-state index in [1.54, 1.807) is 13.0 Å². The summed E-state index contributed by atoms with van der Waals surface area (Å²) in [4.78, 5) is 3.28. The van der Waals surface area contributed by atoms with Crippen LogP contribution in [0.5, 0.6) is 0 Å². The van der Waals surface area contributed by atoms with E-state index in [4.69, 9.17) is 29.8 Å². The Bertz CT molecular complexity index is 368. The lowest BCUT2D eigenvalue weighted by molar-refractivity contribution is 1.46. The van der Waals surface area contributed by atoms with E-state index in [1.807, 2.05) is 0 Å². The topological polar surface area (TPSA) is 4.36 Å². The Morgan fingerprint density at radius 2 is 2.08 bits per heavy atom. The number of hydrogen-bond acceptors (Lipinski definition) is 0. The van der Waals surface area contributed by atoms with Crippen molar-refractivity contribution in [1.29, 1.82) is 0 Å². The molecule has 0 spiro atoms. The molecular weight excluding hydrogens is 261 g/mol. The summed E-state index contributed by atoms with van der Waals surface area (Å²) in [5.74, 6) is 0. The van der Waals surface area contributed by atoms with E-state index in [1.165, 1.54) is 0 Å². The first-order chi connectivity index (χ1) is 5.57. The van der Waals surface area contributed by atoms with Crippen LogP contribution >= 0.6 is 39.1 Å². The second kappa shape index (κ2) is 3.66. The fourth-order valence-electron chi connectivity index (χ4n) is 0.842. The molecule has 1 aromatic carbocycles. The van der Waals surface area contributed by atoms with Crippen LogP contribution in [0, 0.1) is 13.5 Å². The molecule has 1 nitrogen and oxygen atoms in total. The van der Waals surface area contributed by atoms with Gasteiger partial charge in [0.1, 0.15) is 0 Å². The van der Waals surface area contributed by atoms with E-state index in [0.29, 0.717) is 21.3 Å². The van der Waals surface area contributed by atoms with Crippen molar-refractivity contribution in [1.82, 2.24) is 0 Å². The molecule has 0 N–H and O–H groups in total. The van der Waals surface area contributed by atoms with Crippen molar-refractivity contribution < 1.29 is 0 Å². The Kier molecular flexibility index (Phi) is 3.00. The highest BCUT2D eigenvalue weighted by atomic mass is 79.9. The average molecular weight is 265 g/mol. The second-order valence-corrected chi connectivity index (χ2v) is 3.88. The maximum atomic E-state index is 6.86. The Balaban J connectivity index is 3.54. The monoisotopic (exact) mass is 263 g/mol. The first kappa shape index (κ1) is 9.85. The normalized spacial score (nSPS) is 9.58. The fourth-order valence-corrected chi connectivity index (χ4v) is 1.94. The van der Waals surface area contributed by atoms with Crippen molar-refractivity contribution in [2.75, 3.05) is 0 Å². The molecule has 0 aliphatic carbocycles. The van der Waals surface area contributed by atoms with Crippen LogP contribution in [-0.2, 0) is 0 Å². The molecule has 0 bridgehead atoms. The van der Waals surface area contributed by atoms with Gasteiger partial charge in [0.05, 0.1) is 6.57 Å². The minimum absolute atomic E-state index is 0.421. The summed E-state index contributed by atoms with van der Waals surface area (Å²) in [7, 11) is 0. The van der Waals surface area contributed by atoms with Crippen LogP contribution in [0.2, 0.25) is 10.0 Å². The van der Waals surface area contributed by atoms with E-state index in [9.17, 15) is 0 Å². The summed E-state index contributed by atoms with van der Waals surface area (Å²) in [6.45, 7) is 8.63. The van der Waals surface area contributed by atoms with Gasteiger partial charge in [-0.15, -0.1) is 0 Å². The van der Waals surface area contributed by atoms with Crippen molar-refractivity contribution >= 4 is 44.8 Å². The molecule has 0 unspecified atom stereocenters. The van der Waals surface area contributed by atoms with Crippen LogP contribution < -0.4 is 0 Å². The molecule has 1 aromatic rings. The SMILES string of the molecule is [C-]#[N+]c1c(Cl)cc(Br)c(Cl)c1C. The molecule has 0 atom stereocenters. The number of rotatable bonds is 0. The Labute approximate surface area is 89.2 Å². The predicted octanol–water partition coefficient (Wildman–Crippen LogP) is 4.62. The fraction of sp³-hybridized carbons (Fsp3) is 0.125. The number of nitrogens with zero attached hydrogens (tertiary/aromatic N) is 1. The summed E-state index contributed by atoms with van der Waals surface area (Å²) in [6, 6.07) is 1.63. The van der Waals surface area contributed by atoms with Crippen molar-refractivity contribution in [2.45, 2.75) is 6.92 Å². The third-order valence-corrected chi connectivity index (χ3v) is 3.11. The third kappa shape index (κ3) is 1.59. The minimum atomic E-state index is 0.421. The third-order valence-electron chi connectivity index (χ3n) is 1.49. The van der Waals surface area contributed by atoms with Gasteiger partial charge in [-0.2, -0.15) is 0 Å². The standard InChI is InChI=1S/C8H4BrCl2N/c1-4-7(11)5(9)3-6(10)8(4)12-2/h3H,1H3. The lowest BCUT2D eigenvalue weighted by Crippen LogP contribution is -1.79. The van der Waals surface area contributed by atoms with Gasteiger partial charge in [0.15, 0.2) is 0 Å². The maximum absolute atomic E-state index is 6.86. The van der Waals surface area contributed by atoms with E-state index in [2.05, 4.69) is 20.8 Å². The number of benzene rings is 1. The summed E-state index contributed by atoms with van der Waals surface area (Å²) in [5, 5.41) is 0.976. The summed E-state index contributed by atoms with van der Waals surface area (Å²) >= 11 is 14.9. The lowest BCUT2D eigenvalue weighted by Gasteiger charge is -2.04. The first-order valence-corrected chi connectivity index (χ1v) is 4.64. The van der Waals surface area contributed by atoms with Crippen molar-refractivity contribution in [3.63, 3.8) is 0 Å². The van der Waals surface area contributed by atoms with Crippen LogP contribution in [-0.4, -0.2) is 0 Å². The molecule has 0 fully saturated rings. The van der Waals surface area contributed by atoms with Crippen molar-refractivity contribution in [2.24, 2.45) is 0 Å². The van der Waals surface area contributed by atoms with Gasteiger partial charge < -0.3 is 0 Å². The van der Waals surface area contributed by atoms with Gasteiger partial charge in [-0.25, -0.2) is 4.85 Å². The predicted molar refractivity (Wildman–Crippen MR) is 55.2 cm³/mol. The molecule has 0 aromatic heterocycles. The van der Waals surface area contributed by atoms with Crippen LogP contribution in [0.15, 0.2) is 10.5 Å². The zero-order valence-electron chi connectivity index (χ0n) is 6.16. The van der Waals surface area contributed by atoms with E-state index >= 15 is 0 Å². The van der Waals surface area contributed by atoms with Crippen LogP contribution in [0.25, 0.3) is 4.85 Å². The molecule has 0 heterocycles. The molecule has 0 aliphatic heterocycles. The van der Waals surface area contributed by atoms with E-state index in [0.717, 1.165) is 4.47 Å². The Hall–Kier alpha value is -0.230. The maximum Gasteiger partial charge on any atom is 0.209 e. The average Bonchev–Trinajstić information content (AvgIpc) is 2.01. The minimum Gasteiger partial charge on any atom is -0.236 e. The van der Waals surface area contributed by atoms with Gasteiger partial charge in [-0.3, -0.25) is 0 Å². The molecule has 0 saturated heterocycles. The van der Waals surface area contributed by atoms with Gasteiger partial charge in [0.2, 0.25) is 5.69 Å². The molecule has 0 radical (unpaired) electrons. The molecule has 62 valence electrons. The molecular formula is C8H4BrCl2N. The highest BCUT2D eigenvalue weighted by Crippen LogP contribution is 2.38. The van der Waals surface area contributed by atoms with Gasteiger partial charge in [-0.1, -0.05) is 23.2 Å². The highest BCUT2D eigenvalue weighted by molar-refractivity contribution is 9.10. The van der Waals surface area contributed by atoms with Gasteiger partial charge >= 0.3 is 0 Å². The van der Waals surface area contributed by atoms with Crippen molar-refractivity contribution in [3.05, 3.63) is 37.6 Å². The first-order valence-electron chi connectivity index (χ1n) is 3.09.